The van der Waals surface area contributed by atoms with Gasteiger partial charge in [0.2, 0.25) is 0 Å². The first-order chi connectivity index (χ1) is 18.5. The molecule has 2 atom stereocenters. The molecule has 0 spiro atoms. The summed E-state index contributed by atoms with van der Waals surface area (Å²) in [5.41, 5.74) is 1.04. The van der Waals surface area contributed by atoms with Crippen LogP contribution in [0.1, 0.15) is 176 Å². The minimum absolute atomic E-state index is 0.0207. The topological polar surface area (TPSA) is 34.1 Å². The molecule has 0 aromatic heterocycles. The zero-order valence-electron chi connectivity index (χ0n) is 24.7. The fourth-order valence-electron chi connectivity index (χ4n) is 5.18. The highest BCUT2D eigenvalue weighted by molar-refractivity contribution is 7.82. The van der Waals surface area contributed by atoms with E-state index in [2.05, 4.69) is 39.1 Å². The predicted octanol–water partition coefficient (Wildman–Crippen LogP) is 11.3. The highest BCUT2D eigenvalue weighted by atomic mass is 32.1. The van der Waals surface area contributed by atoms with Crippen molar-refractivity contribution in [2.45, 2.75) is 166 Å². The summed E-state index contributed by atoms with van der Waals surface area (Å²) in [6.07, 6.45) is 27.1. The Morgan fingerprint density at radius 2 is 0.763 bits per heavy atom. The van der Waals surface area contributed by atoms with Crippen LogP contribution >= 0.6 is 25.3 Å². The highest BCUT2D eigenvalue weighted by Gasteiger charge is 2.24. The van der Waals surface area contributed by atoms with Crippen LogP contribution in [0.4, 0.5) is 0 Å². The average Bonchev–Trinajstić information content (AvgIpc) is 2.94. The normalized spacial score (nSPS) is 12.9. The van der Waals surface area contributed by atoms with Gasteiger partial charge in [0.1, 0.15) is 0 Å². The minimum atomic E-state index is -0.349. The van der Waals surface area contributed by atoms with Crippen molar-refractivity contribution in [2.24, 2.45) is 0 Å². The number of carbonyl (C=O) groups is 2. The Labute approximate surface area is 246 Å². The molecule has 0 heterocycles. The van der Waals surface area contributed by atoms with Crippen molar-refractivity contribution in [3.8, 4) is 0 Å². The number of benzene rings is 1. The van der Waals surface area contributed by atoms with E-state index in [4.69, 9.17) is 0 Å². The number of Topliss-reactive ketones (excluding diaryl/α,β-unsaturated/α-hetero) is 2. The molecule has 2 nitrogen and oxygen atoms in total. The van der Waals surface area contributed by atoms with Crippen molar-refractivity contribution < 1.29 is 9.59 Å². The molecule has 0 N–H and O–H groups in total. The Hall–Kier alpha value is -0.740. The van der Waals surface area contributed by atoms with E-state index < -0.39 is 0 Å². The number of thiol groups is 2. The molecular weight excluding hydrogens is 505 g/mol. The molecule has 0 bridgehead atoms. The molecule has 1 aromatic rings. The third-order valence-electron chi connectivity index (χ3n) is 7.73. The molecular formula is C34H58O2S2. The molecule has 0 saturated heterocycles. The third-order valence-corrected chi connectivity index (χ3v) is 8.71. The van der Waals surface area contributed by atoms with Gasteiger partial charge in [0, 0.05) is 11.1 Å². The van der Waals surface area contributed by atoms with Crippen molar-refractivity contribution in [3.05, 3.63) is 35.4 Å². The first-order valence-electron chi connectivity index (χ1n) is 16.1. The van der Waals surface area contributed by atoms with Crippen LogP contribution in [0.25, 0.3) is 0 Å². The number of carbonyl (C=O) groups excluding carboxylic acids is 2. The highest BCUT2D eigenvalue weighted by Crippen LogP contribution is 2.23. The van der Waals surface area contributed by atoms with E-state index >= 15 is 0 Å². The van der Waals surface area contributed by atoms with Crippen molar-refractivity contribution in [1.29, 1.82) is 0 Å². The van der Waals surface area contributed by atoms with Gasteiger partial charge in [0.05, 0.1) is 10.5 Å². The van der Waals surface area contributed by atoms with Gasteiger partial charge in [-0.15, -0.1) is 0 Å². The van der Waals surface area contributed by atoms with E-state index in [-0.39, 0.29) is 22.1 Å². The minimum Gasteiger partial charge on any atom is -0.293 e. The zero-order chi connectivity index (χ0) is 27.8. The van der Waals surface area contributed by atoms with Gasteiger partial charge in [-0.2, -0.15) is 25.3 Å². The number of ketones is 2. The maximum Gasteiger partial charge on any atom is 0.176 e. The van der Waals surface area contributed by atoms with Crippen LogP contribution < -0.4 is 0 Å². The van der Waals surface area contributed by atoms with Crippen LogP contribution in [0, 0.1) is 0 Å². The Morgan fingerprint density at radius 3 is 1.05 bits per heavy atom. The molecule has 0 aliphatic rings. The lowest BCUT2D eigenvalue weighted by Crippen LogP contribution is -2.22. The molecule has 0 saturated carbocycles. The summed E-state index contributed by atoms with van der Waals surface area (Å²) >= 11 is 9.27. The van der Waals surface area contributed by atoms with E-state index in [1.54, 1.807) is 12.1 Å². The fraction of sp³-hybridized carbons (Fsp3) is 0.765. The van der Waals surface area contributed by atoms with Gasteiger partial charge >= 0.3 is 0 Å². The average molecular weight is 563 g/mol. The Balaban J connectivity index is 2.32. The SMILES string of the molecule is CCCCCCCCCCCCC(S)C(=O)c1ccccc1C(=O)C(S)CCCCCCCCCCCC. The van der Waals surface area contributed by atoms with Gasteiger partial charge in [0.25, 0.3) is 0 Å². The van der Waals surface area contributed by atoms with Crippen LogP contribution in [0.3, 0.4) is 0 Å². The smallest absolute Gasteiger partial charge is 0.176 e. The van der Waals surface area contributed by atoms with Gasteiger partial charge in [-0.3, -0.25) is 9.59 Å². The summed E-state index contributed by atoms with van der Waals surface area (Å²) in [7, 11) is 0. The largest absolute Gasteiger partial charge is 0.293 e. The predicted molar refractivity (Wildman–Crippen MR) is 174 cm³/mol. The lowest BCUT2D eigenvalue weighted by atomic mass is 9.94. The maximum atomic E-state index is 13.2. The van der Waals surface area contributed by atoms with Gasteiger partial charge < -0.3 is 0 Å². The van der Waals surface area contributed by atoms with Crippen molar-refractivity contribution in [1.82, 2.24) is 0 Å². The van der Waals surface area contributed by atoms with Crippen LogP contribution in [0.5, 0.6) is 0 Å². The van der Waals surface area contributed by atoms with Crippen molar-refractivity contribution in [2.75, 3.05) is 0 Å². The van der Waals surface area contributed by atoms with Crippen LogP contribution in [-0.4, -0.2) is 22.1 Å². The van der Waals surface area contributed by atoms with Gasteiger partial charge in [-0.1, -0.05) is 167 Å². The number of unbranched alkanes of at least 4 members (excludes halogenated alkanes) is 18. The van der Waals surface area contributed by atoms with Gasteiger partial charge in [-0.25, -0.2) is 0 Å². The monoisotopic (exact) mass is 562 g/mol. The quantitative estimate of drug-likeness (QED) is 0.0669. The van der Waals surface area contributed by atoms with E-state index in [1.165, 1.54) is 103 Å². The third kappa shape index (κ3) is 16.4. The first-order valence-corrected chi connectivity index (χ1v) is 17.1. The number of rotatable bonds is 26. The van der Waals surface area contributed by atoms with Gasteiger partial charge in [-0.05, 0) is 12.8 Å². The lowest BCUT2D eigenvalue weighted by Gasteiger charge is -2.15. The summed E-state index contributed by atoms with van der Waals surface area (Å²) in [6, 6.07) is 7.28. The zero-order valence-corrected chi connectivity index (χ0v) is 26.5. The summed E-state index contributed by atoms with van der Waals surface area (Å²) < 4.78 is 0. The standard InChI is InChI=1S/C34H58O2S2/c1-3-5-7-9-11-13-15-17-19-21-27-31(37)33(35)29-25-23-24-26-30(29)34(36)32(38)28-22-20-18-16-14-12-10-8-6-4-2/h23-26,31-32,37-38H,3-22,27-28H2,1-2H3. The maximum absolute atomic E-state index is 13.2. The van der Waals surface area contributed by atoms with Crippen LogP contribution in [0.15, 0.2) is 24.3 Å². The molecule has 1 aromatic carbocycles. The van der Waals surface area contributed by atoms with E-state index in [0.29, 0.717) is 11.1 Å². The summed E-state index contributed by atoms with van der Waals surface area (Å²) in [6.45, 7) is 4.51. The molecule has 4 heteroatoms. The summed E-state index contributed by atoms with van der Waals surface area (Å²) in [5.74, 6) is -0.0413. The second-order valence-corrected chi connectivity index (χ2v) is 12.5. The molecule has 0 aliphatic heterocycles. The molecule has 0 amide bonds. The van der Waals surface area contributed by atoms with Crippen LogP contribution in [-0.2, 0) is 0 Å². The number of hydrogen-bond donors (Lipinski definition) is 2. The Bertz CT molecular complexity index is 672. The van der Waals surface area contributed by atoms with E-state index in [0.717, 1.165) is 38.5 Å². The molecule has 0 fully saturated rings. The second kappa shape index (κ2) is 24.1. The summed E-state index contributed by atoms with van der Waals surface area (Å²) in [4.78, 5) is 26.3. The Kier molecular flexibility index (Phi) is 22.4. The first kappa shape index (κ1) is 35.3. The molecule has 2 unspecified atom stereocenters. The lowest BCUT2D eigenvalue weighted by molar-refractivity contribution is 0.0953. The molecule has 0 aliphatic carbocycles. The number of hydrogen-bond acceptors (Lipinski definition) is 4. The second-order valence-electron chi connectivity index (χ2n) is 11.2. The van der Waals surface area contributed by atoms with Crippen LogP contribution in [0.2, 0.25) is 0 Å². The van der Waals surface area contributed by atoms with Gasteiger partial charge in [0.15, 0.2) is 11.6 Å². The van der Waals surface area contributed by atoms with Crippen molar-refractivity contribution in [3.63, 3.8) is 0 Å². The van der Waals surface area contributed by atoms with E-state index in [9.17, 15) is 9.59 Å². The Morgan fingerprint density at radius 1 is 0.500 bits per heavy atom. The fourth-order valence-corrected chi connectivity index (χ4v) is 5.83. The molecule has 1 rings (SSSR count). The molecule has 38 heavy (non-hydrogen) atoms. The van der Waals surface area contributed by atoms with E-state index in [1.807, 2.05) is 12.1 Å². The molecule has 0 radical (unpaired) electrons. The summed E-state index contributed by atoms with van der Waals surface area (Å²) in [5, 5.41) is -0.698. The molecule has 218 valence electrons. The van der Waals surface area contributed by atoms with Crippen molar-refractivity contribution >= 4 is 36.8 Å².